The lowest BCUT2D eigenvalue weighted by Crippen LogP contribution is -2.39. The molecular weight excluding hydrogens is 340 g/mol. The van der Waals surface area contributed by atoms with E-state index in [1.807, 2.05) is 48.2 Å². The van der Waals surface area contributed by atoms with Gasteiger partial charge in [0.25, 0.3) is 0 Å². The largest absolute Gasteiger partial charge is 0.376 e. The summed E-state index contributed by atoms with van der Waals surface area (Å²) in [5.74, 6) is 0.120. The Balaban J connectivity index is 1.70. The maximum absolute atomic E-state index is 12.6. The van der Waals surface area contributed by atoms with Crippen molar-refractivity contribution in [3.05, 3.63) is 58.1 Å². The fraction of sp³-hybridized carbons (Fsp3) is 0.278. The number of anilines is 2. The summed E-state index contributed by atoms with van der Waals surface area (Å²) < 4.78 is 1.05. The van der Waals surface area contributed by atoms with E-state index >= 15 is 0 Å². The SMILES string of the molecule is Cc1cc(Br)ccc1NCC(=O)N1CCCc2ccccc21. The number of aryl methyl sites for hydroxylation is 2. The number of amides is 1. The molecule has 0 saturated heterocycles. The summed E-state index contributed by atoms with van der Waals surface area (Å²) in [6.45, 7) is 3.15. The van der Waals surface area contributed by atoms with Gasteiger partial charge >= 0.3 is 0 Å². The fourth-order valence-electron chi connectivity index (χ4n) is 2.88. The Kier molecular flexibility index (Phi) is 4.48. The summed E-state index contributed by atoms with van der Waals surface area (Å²) in [6, 6.07) is 14.2. The molecule has 1 heterocycles. The van der Waals surface area contributed by atoms with Gasteiger partial charge in [-0.15, -0.1) is 0 Å². The van der Waals surface area contributed by atoms with E-state index in [1.54, 1.807) is 0 Å². The third-order valence-electron chi connectivity index (χ3n) is 4.03. The molecule has 2 aromatic rings. The second-order valence-electron chi connectivity index (χ2n) is 5.59. The third kappa shape index (κ3) is 3.17. The van der Waals surface area contributed by atoms with Gasteiger partial charge in [-0.05, 0) is 55.2 Å². The smallest absolute Gasteiger partial charge is 0.246 e. The first-order valence-corrected chi connectivity index (χ1v) is 8.33. The zero-order valence-electron chi connectivity index (χ0n) is 12.6. The van der Waals surface area contributed by atoms with Crippen LogP contribution in [-0.4, -0.2) is 19.0 Å². The molecule has 0 radical (unpaired) electrons. The molecule has 0 aliphatic carbocycles. The second kappa shape index (κ2) is 6.53. The van der Waals surface area contributed by atoms with Crippen LogP contribution in [-0.2, 0) is 11.2 Å². The Labute approximate surface area is 139 Å². The first-order valence-electron chi connectivity index (χ1n) is 7.53. The van der Waals surface area contributed by atoms with Gasteiger partial charge < -0.3 is 10.2 Å². The van der Waals surface area contributed by atoms with Gasteiger partial charge in [-0.2, -0.15) is 0 Å². The molecule has 1 aliphatic rings. The van der Waals surface area contributed by atoms with Crippen LogP contribution in [0.5, 0.6) is 0 Å². The third-order valence-corrected chi connectivity index (χ3v) is 4.52. The van der Waals surface area contributed by atoms with Crippen LogP contribution in [0.15, 0.2) is 46.9 Å². The minimum absolute atomic E-state index is 0.120. The zero-order chi connectivity index (χ0) is 15.5. The molecule has 0 fully saturated rings. The molecule has 0 saturated carbocycles. The summed E-state index contributed by atoms with van der Waals surface area (Å²) in [5.41, 5.74) is 4.46. The van der Waals surface area contributed by atoms with Crippen molar-refractivity contribution in [2.45, 2.75) is 19.8 Å². The van der Waals surface area contributed by atoms with E-state index in [9.17, 15) is 4.79 Å². The van der Waals surface area contributed by atoms with Crippen LogP contribution in [0.3, 0.4) is 0 Å². The highest BCUT2D eigenvalue weighted by atomic mass is 79.9. The lowest BCUT2D eigenvalue weighted by molar-refractivity contribution is -0.117. The summed E-state index contributed by atoms with van der Waals surface area (Å²) in [7, 11) is 0. The Morgan fingerprint density at radius 2 is 2.09 bits per heavy atom. The van der Waals surface area contributed by atoms with E-state index in [0.29, 0.717) is 6.54 Å². The van der Waals surface area contributed by atoms with Crippen LogP contribution in [0.2, 0.25) is 0 Å². The van der Waals surface area contributed by atoms with E-state index < -0.39 is 0 Å². The van der Waals surface area contributed by atoms with Gasteiger partial charge in [-0.3, -0.25) is 4.79 Å². The van der Waals surface area contributed by atoms with Crippen LogP contribution in [0.4, 0.5) is 11.4 Å². The van der Waals surface area contributed by atoms with Crippen LogP contribution in [0.1, 0.15) is 17.5 Å². The van der Waals surface area contributed by atoms with Gasteiger partial charge in [0.1, 0.15) is 0 Å². The number of carbonyl (C=O) groups excluding carboxylic acids is 1. The molecule has 0 atom stereocenters. The van der Waals surface area contributed by atoms with Crippen molar-refractivity contribution in [2.75, 3.05) is 23.3 Å². The normalized spacial score (nSPS) is 13.6. The lowest BCUT2D eigenvalue weighted by atomic mass is 10.0. The Hall–Kier alpha value is -1.81. The van der Waals surface area contributed by atoms with Crippen LogP contribution in [0, 0.1) is 6.92 Å². The molecule has 1 N–H and O–H groups in total. The number of hydrogen-bond donors (Lipinski definition) is 1. The Bertz CT molecular complexity index is 699. The van der Waals surface area contributed by atoms with Crippen molar-refractivity contribution in [3.63, 3.8) is 0 Å². The number of halogens is 1. The van der Waals surface area contributed by atoms with Gasteiger partial charge in [-0.1, -0.05) is 34.1 Å². The number of hydrogen-bond acceptors (Lipinski definition) is 2. The topological polar surface area (TPSA) is 32.3 Å². The predicted molar refractivity (Wildman–Crippen MR) is 94.5 cm³/mol. The molecule has 2 aromatic carbocycles. The number of nitrogens with one attached hydrogen (secondary N) is 1. The number of para-hydroxylation sites is 1. The number of nitrogens with zero attached hydrogens (tertiary/aromatic N) is 1. The van der Waals surface area contributed by atoms with Gasteiger partial charge in [0.2, 0.25) is 5.91 Å². The van der Waals surface area contributed by atoms with Crippen molar-refractivity contribution >= 4 is 33.2 Å². The standard InChI is InChI=1S/C18H19BrN2O/c1-13-11-15(19)8-9-16(13)20-12-18(22)21-10-4-6-14-5-2-3-7-17(14)21/h2-3,5,7-9,11,20H,4,6,10,12H2,1H3. The van der Waals surface area contributed by atoms with Crippen LogP contribution >= 0.6 is 15.9 Å². The zero-order valence-corrected chi connectivity index (χ0v) is 14.2. The molecular formula is C18H19BrN2O. The number of benzene rings is 2. The van der Waals surface area contributed by atoms with E-state index in [0.717, 1.165) is 40.8 Å². The lowest BCUT2D eigenvalue weighted by Gasteiger charge is -2.29. The fourth-order valence-corrected chi connectivity index (χ4v) is 3.36. The minimum Gasteiger partial charge on any atom is -0.376 e. The molecule has 3 nitrogen and oxygen atoms in total. The number of carbonyl (C=O) groups is 1. The summed E-state index contributed by atoms with van der Waals surface area (Å²) >= 11 is 3.45. The molecule has 0 bridgehead atoms. The van der Waals surface area contributed by atoms with E-state index in [-0.39, 0.29) is 5.91 Å². The molecule has 0 spiro atoms. The summed E-state index contributed by atoms with van der Waals surface area (Å²) in [5, 5.41) is 3.26. The minimum atomic E-state index is 0.120. The number of fused-ring (bicyclic) bond motifs is 1. The van der Waals surface area contributed by atoms with Gasteiger partial charge in [-0.25, -0.2) is 0 Å². The molecule has 4 heteroatoms. The molecule has 3 rings (SSSR count). The first kappa shape index (κ1) is 15.1. The molecule has 1 aliphatic heterocycles. The highest BCUT2D eigenvalue weighted by Crippen LogP contribution is 2.27. The quantitative estimate of drug-likeness (QED) is 0.893. The van der Waals surface area contributed by atoms with Crippen molar-refractivity contribution < 1.29 is 4.79 Å². The van der Waals surface area contributed by atoms with Gasteiger partial charge in [0, 0.05) is 22.4 Å². The summed E-state index contributed by atoms with van der Waals surface area (Å²) in [4.78, 5) is 14.5. The van der Waals surface area contributed by atoms with Crippen LogP contribution < -0.4 is 10.2 Å². The van der Waals surface area contributed by atoms with Gasteiger partial charge in [0.05, 0.1) is 6.54 Å². The Morgan fingerprint density at radius 1 is 1.27 bits per heavy atom. The predicted octanol–water partition coefficient (Wildman–Crippen LogP) is 4.15. The van der Waals surface area contributed by atoms with Gasteiger partial charge in [0.15, 0.2) is 0 Å². The van der Waals surface area contributed by atoms with Crippen molar-refractivity contribution in [1.82, 2.24) is 0 Å². The van der Waals surface area contributed by atoms with Crippen molar-refractivity contribution in [3.8, 4) is 0 Å². The molecule has 0 aromatic heterocycles. The Morgan fingerprint density at radius 3 is 2.91 bits per heavy atom. The van der Waals surface area contributed by atoms with E-state index in [2.05, 4.69) is 27.3 Å². The summed E-state index contributed by atoms with van der Waals surface area (Å²) in [6.07, 6.45) is 2.08. The maximum atomic E-state index is 12.6. The van der Waals surface area contributed by atoms with Crippen molar-refractivity contribution in [1.29, 1.82) is 0 Å². The van der Waals surface area contributed by atoms with E-state index in [1.165, 1.54) is 5.56 Å². The van der Waals surface area contributed by atoms with Crippen LogP contribution in [0.25, 0.3) is 0 Å². The second-order valence-corrected chi connectivity index (χ2v) is 6.51. The molecule has 22 heavy (non-hydrogen) atoms. The average Bonchev–Trinajstić information content (AvgIpc) is 2.53. The first-order chi connectivity index (χ1) is 10.6. The maximum Gasteiger partial charge on any atom is 0.246 e. The van der Waals surface area contributed by atoms with Crippen molar-refractivity contribution in [2.24, 2.45) is 0 Å². The molecule has 114 valence electrons. The number of rotatable bonds is 3. The average molecular weight is 359 g/mol. The molecule has 0 unspecified atom stereocenters. The highest BCUT2D eigenvalue weighted by molar-refractivity contribution is 9.10. The monoisotopic (exact) mass is 358 g/mol. The van der Waals surface area contributed by atoms with E-state index in [4.69, 9.17) is 0 Å². The molecule has 1 amide bonds. The highest BCUT2D eigenvalue weighted by Gasteiger charge is 2.21.